The van der Waals surface area contributed by atoms with Gasteiger partial charge in [-0.3, -0.25) is 4.79 Å². The van der Waals surface area contributed by atoms with E-state index in [1.807, 2.05) is 4.90 Å². The van der Waals surface area contributed by atoms with Crippen LogP contribution in [0.25, 0.3) is 0 Å². The van der Waals surface area contributed by atoms with E-state index < -0.39 is 0 Å². The lowest BCUT2D eigenvalue weighted by Gasteiger charge is -2.37. The molecular weight excluding hydrogens is 188 g/mol. The van der Waals surface area contributed by atoms with Gasteiger partial charge in [0.2, 0.25) is 5.91 Å². The first-order chi connectivity index (χ1) is 6.95. The number of hydrogen-bond acceptors (Lipinski definition) is 2. The molecule has 1 saturated heterocycles. The Morgan fingerprint density at radius 3 is 2.47 bits per heavy atom. The monoisotopic (exact) mass is 210 g/mol. The number of amides is 1. The molecule has 0 aromatic heterocycles. The molecule has 0 aromatic carbocycles. The summed E-state index contributed by atoms with van der Waals surface area (Å²) in [6, 6.07) is 0. The van der Waals surface area contributed by atoms with Crippen LogP contribution in [0.2, 0.25) is 0 Å². The van der Waals surface area contributed by atoms with Crippen molar-refractivity contribution in [1.82, 2.24) is 10.2 Å². The van der Waals surface area contributed by atoms with Crippen LogP contribution in [0.1, 0.15) is 27.2 Å². The molecule has 1 amide bonds. The summed E-state index contributed by atoms with van der Waals surface area (Å²) in [6.07, 6.45) is 2.46. The normalized spacial score (nSPS) is 17.0. The SMILES string of the molecule is C=CCN(C(=O)CC1CNC1)C(C)(C)C. The fraction of sp³-hybridized carbons (Fsp3) is 0.750. The quantitative estimate of drug-likeness (QED) is 0.712. The van der Waals surface area contributed by atoms with Crippen molar-refractivity contribution >= 4 is 5.91 Å². The zero-order valence-corrected chi connectivity index (χ0v) is 10.0. The maximum Gasteiger partial charge on any atom is 0.223 e. The van der Waals surface area contributed by atoms with Gasteiger partial charge in [0.25, 0.3) is 0 Å². The molecule has 3 heteroatoms. The Hall–Kier alpha value is -0.830. The molecule has 1 aliphatic heterocycles. The second kappa shape index (κ2) is 4.79. The summed E-state index contributed by atoms with van der Waals surface area (Å²) >= 11 is 0. The molecule has 1 heterocycles. The fourth-order valence-electron chi connectivity index (χ4n) is 1.73. The Balaban J connectivity index is 2.53. The zero-order chi connectivity index (χ0) is 11.5. The topological polar surface area (TPSA) is 32.3 Å². The van der Waals surface area contributed by atoms with E-state index in [-0.39, 0.29) is 11.4 Å². The lowest BCUT2D eigenvalue weighted by molar-refractivity contribution is -0.136. The minimum Gasteiger partial charge on any atom is -0.334 e. The molecule has 3 nitrogen and oxygen atoms in total. The summed E-state index contributed by atoms with van der Waals surface area (Å²) in [5.74, 6) is 0.779. The van der Waals surface area contributed by atoms with Crippen molar-refractivity contribution in [1.29, 1.82) is 0 Å². The molecule has 0 saturated carbocycles. The number of hydrogen-bond donors (Lipinski definition) is 1. The second-order valence-corrected chi connectivity index (χ2v) is 5.19. The molecular formula is C12H22N2O. The Kier molecular flexibility index (Phi) is 3.91. The molecule has 1 N–H and O–H groups in total. The van der Waals surface area contributed by atoms with E-state index in [1.165, 1.54) is 0 Å². The summed E-state index contributed by atoms with van der Waals surface area (Å²) in [4.78, 5) is 13.9. The van der Waals surface area contributed by atoms with Crippen molar-refractivity contribution in [3.05, 3.63) is 12.7 Å². The molecule has 1 fully saturated rings. The molecule has 1 rings (SSSR count). The Labute approximate surface area is 92.5 Å². The van der Waals surface area contributed by atoms with Crippen LogP contribution in [-0.4, -0.2) is 36.0 Å². The van der Waals surface area contributed by atoms with Gasteiger partial charge in [-0.1, -0.05) is 6.08 Å². The van der Waals surface area contributed by atoms with Crippen molar-refractivity contribution in [2.75, 3.05) is 19.6 Å². The van der Waals surface area contributed by atoms with Crippen molar-refractivity contribution in [3.8, 4) is 0 Å². The molecule has 0 bridgehead atoms. The van der Waals surface area contributed by atoms with Gasteiger partial charge in [-0.25, -0.2) is 0 Å². The molecule has 86 valence electrons. The molecule has 0 radical (unpaired) electrons. The predicted octanol–water partition coefficient (Wildman–Crippen LogP) is 1.41. The number of nitrogens with zero attached hydrogens (tertiary/aromatic N) is 1. The Morgan fingerprint density at radius 1 is 1.53 bits per heavy atom. The first kappa shape index (κ1) is 12.2. The largest absolute Gasteiger partial charge is 0.334 e. The zero-order valence-electron chi connectivity index (χ0n) is 10.0. The average Bonchev–Trinajstić information content (AvgIpc) is 2.05. The number of carbonyl (C=O) groups excluding carboxylic acids is 1. The molecule has 0 aliphatic carbocycles. The van der Waals surface area contributed by atoms with E-state index >= 15 is 0 Å². The van der Waals surface area contributed by atoms with Gasteiger partial charge in [-0.15, -0.1) is 6.58 Å². The third-order valence-corrected chi connectivity index (χ3v) is 2.75. The van der Waals surface area contributed by atoms with Gasteiger partial charge >= 0.3 is 0 Å². The van der Waals surface area contributed by atoms with Crippen LogP contribution >= 0.6 is 0 Å². The summed E-state index contributed by atoms with van der Waals surface area (Å²) in [5, 5.41) is 3.19. The highest BCUT2D eigenvalue weighted by Crippen LogP contribution is 2.18. The maximum atomic E-state index is 12.0. The van der Waals surface area contributed by atoms with Crippen LogP contribution in [0.4, 0.5) is 0 Å². The molecule has 15 heavy (non-hydrogen) atoms. The molecule has 0 aromatic rings. The minimum atomic E-state index is -0.109. The van der Waals surface area contributed by atoms with Crippen molar-refractivity contribution in [3.63, 3.8) is 0 Å². The van der Waals surface area contributed by atoms with E-state index in [0.29, 0.717) is 18.9 Å². The van der Waals surface area contributed by atoms with Gasteiger partial charge in [0.15, 0.2) is 0 Å². The van der Waals surface area contributed by atoms with E-state index in [0.717, 1.165) is 13.1 Å². The maximum absolute atomic E-state index is 12.0. The number of nitrogens with one attached hydrogen (secondary N) is 1. The van der Waals surface area contributed by atoms with E-state index in [4.69, 9.17) is 0 Å². The van der Waals surface area contributed by atoms with Crippen LogP contribution < -0.4 is 5.32 Å². The average molecular weight is 210 g/mol. The highest BCUT2D eigenvalue weighted by Gasteiger charge is 2.28. The van der Waals surface area contributed by atoms with Gasteiger partial charge in [-0.05, 0) is 39.8 Å². The van der Waals surface area contributed by atoms with Gasteiger partial charge in [0.05, 0.1) is 0 Å². The standard InChI is InChI=1S/C12H22N2O/c1-5-6-14(12(2,3)4)11(15)7-10-8-13-9-10/h5,10,13H,1,6-9H2,2-4H3. The smallest absolute Gasteiger partial charge is 0.223 e. The molecule has 0 unspecified atom stereocenters. The number of rotatable bonds is 4. The first-order valence-corrected chi connectivity index (χ1v) is 5.57. The van der Waals surface area contributed by atoms with Crippen LogP contribution in [0.5, 0.6) is 0 Å². The minimum absolute atomic E-state index is 0.109. The van der Waals surface area contributed by atoms with Gasteiger partial charge in [-0.2, -0.15) is 0 Å². The summed E-state index contributed by atoms with van der Waals surface area (Å²) < 4.78 is 0. The Bertz CT molecular complexity index is 238. The van der Waals surface area contributed by atoms with Gasteiger partial charge in [0, 0.05) is 18.5 Å². The lowest BCUT2D eigenvalue weighted by atomic mass is 9.96. The second-order valence-electron chi connectivity index (χ2n) is 5.19. The third-order valence-electron chi connectivity index (χ3n) is 2.75. The molecule has 1 aliphatic rings. The van der Waals surface area contributed by atoms with Crippen LogP contribution in [-0.2, 0) is 4.79 Å². The van der Waals surface area contributed by atoms with Crippen molar-refractivity contribution < 1.29 is 4.79 Å². The van der Waals surface area contributed by atoms with Crippen LogP contribution in [0.3, 0.4) is 0 Å². The van der Waals surface area contributed by atoms with Gasteiger partial charge in [0.1, 0.15) is 0 Å². The van der Waals surface area contributed by atoms with E-state index in [1.54, 1.807) is 6.08 Å². The summed E-state index contributed by atoms with van der Waals surface area (Å²) in [7, 11) is 0. The highest BCUT2D eigenvalue weighted by atomic mass is 16.2. The fourth-order valence-corrected chi connectivity index (χ4v) is 1.73. The van der Waals surface area contributed by atoms with E-state index in [2.05, 4.69) is 32.7 Å². The summed E-state index contributed by atoms with van der Waals surface area (Å²) in [5.41, 5.74) is -0.109. The first-order valence-electron chi connectivity index (χ1n) is 5.57. The lowest BCUT2D eigenvalue weighted by Crippen LogP contribution is -2.49. The number of carbonyl (C=O) groups is 1. The summed E-state index contributed by atoms with van der Waals surface area (Å²) in [6.45, 7) is 12.5. The van der Waals surface area contributed by atoms with E-state index in [9.17, 15) is 4.79 Å². The Morgan fingerprint density at radius 2 is 2.13 bits per heavy atom. The van der Waals surface area contributed by atoms with Gasteiger partial charge < -0.3 is 10.2 Å². The molecule has 0 spiro atoms. The van der Waals surface area contributed by atoms with Crippen LogP contribution in [0.15, 0.2) is 12.7 Å². The molecule has 0 atom stereocenters. The highest BCUT2D eigenvalue weighted by molar-refractivity contribution is 5.77. The predicted molar refractivity (Wildman–Crippen MR) is 62.6 cm³/mol. The van der Waals surface area contributed by atoms with Crippen molar-refractivity contribution in [2.45, 2.75) is 32.7 Å². The van der Waals surface area contributed by atoms with Crippen LogP contribution in [0, 0.1) is 5.92 Å². The van der Waals surface area contributed by atoms with Crippen molar-refractivity contribution in [2.24, 2.45) is 5.92 Å². The third kappa shape index (κ3) is 3.34.